The van der Waals surface area contributed by atoms with Crippen molar-refractivity contribution in [2.75, 3.05) is 6.61 Å². The lowest BCUT2D eigenvalue weighted by Gasteiger charge is -2.31. The number of fused-ring (bicyclic) bond motifs is 1. The number of Topliss-reactive ketones (excluding diaryl/α,β-unsaturated/α-hetero) is 1. The molecule has 2 aromatic rings. The molecular weight excluding hydrogens is 268 g/mol. The number of rotatable bonds is 4. The third-order valence-electron chi connectivity index (χ3n) is 3.40. The number of hydrogen-bond acceptors (Lipinski definition) is 4. The van der Waals surface area contributed by atoms with Crippen LogP contribution in [0, 0.1) is 0 Å². The molecule has 0 atom stereocenters. The molecule has 5 heteroatoms. The molecule has 0 bridgehead atoms. The van der Waals surface area contributed by atoms with Gasteiger partial charge < -0.3 is 14.0 Å². The summed E-state index contributed by atoms with van der Waals surface area (Å²) < 4.78 is 13.5. The van der Waals surface area contributed by atoms with E-state index in [1.165, 1.54) is 0 Å². The van der Waals surface area contributed by atoms with Crippen LogP contribution in [0.1, 0.15) is 30.6 Å². The molecule has 3 rings (SSSR count). The van der Waals surface area contributed by atoms with Crippen LogP contribution in [0.4, 0.5) is 0 Å². The molecule has 5 nitrogen and oxygen atoms in total. The lowest BCUT2D eigenvalue weighted by Crippen LogP contribution is -2.35. The van der Waals surface area contributed by atoms with E-state index in [1.54, 1.807) is 24.7 Å². The summed E-state index contributed by atoms with van der Waals surface area (Å²) >= 11 is 0. The van der Waals surface area contributed by atoms with Crippen molar-refractivity contribution in [1.82, 2.24) is 9.55 Å². The average molecular weight is 286 g/mol. The average Bonchev–Trinajstić information content (AvgIpc) is 2.90. The number of aromatic nitrogens is 2. The molecule has 0 saturated heterocycles. The largest absolute Gasteiger partial charge is 0.492 e. The maximum atomic E-state index is 12.1. The number of ether oxygens (including phenoxy) is 2. The van der Waals surface area contributed by atoms with E-state index < -0.39 is 5.60 Å². The third-order valence-corrected chi connectivity index (χ3v) is 3.40. The molecule has 1 aliphatic heterocycles. The Balaban J connectivity index is 1.69. The first kappa shape index (κ1) is 13.7. The fourth-order valence-electron chi connectivity index (χ4n) is 2.41. The smallest absolute Gasteiger partial charge is 0.170 e. The van der Waals surface area contributed by atoms with Crippen molar-refractivity contribution < 1.29 is 14.3 Å². The quantitative estimate of drug-likeness (QED) is 0.867. The SMILES string of the molecule is CC1(C)CC(=O)c2ccc(OCCn3ccnc3)cc2O1. The van der Waals surface area contributed by atoms with Crippen LogP contribution < -0.4 is 9.47 Å². The van der Waals surface area contributed by atoms with E-state index >= 15 is 0 Å². The molecule has 0 saturated carbocycles. The zero-order valence-electron chi connectivity index (χ0n) is 12.2. The molecule has 0 radical (unpaired) electrons. The molecule has 0 spiro atoms. The molecule has 110 valence electrons. The number of hydrogen-bond donors (Lipinski definition) is 0. The highest BCUT2D eigenvalue weighted by molar-refractivity contribution is 6.00. The first-order valence-corrected chi connectivity index (χ1v) is 6.98. The highest BCUT2D eigenvalue weighted by Crippen LogP contribution is 2.35. The van der Waals surface area contributed by atoms with Gasteiger partial charge in [-0.3, -0.25) is 4.79 Å². The molecule has 0 unspecified atom stereocenters. The van der Waals surface area contributed by atoms with Gasteiger partial charge >= 0.3 is 0 Å². The maximum absolute atomic E-state index is 12.1. The molecular formula is C16H18N2O3. The van der Waals surface area contributed by atoms with Crippen molar-refractivity contribution >= 4 is 5.78 Å². The lowest BCUT2D eigenvalue weighted by molar-refractivity contribution is 0.0618. The summed E-state index contributed by atoms with van der Waals surface area (Å²) in [7, 11) is 0. The fourth-order valence-corrected chi connectivity index (χ4v) is 2.41. The van der Waals surface area contributed by atoms with Crippen molar-refractivity contribution in [3.63, 3.8) is 0 Å². The number of imidazole rings is 1. The summed E-state index contributed by atoms with van der Waals surface area (Å²) in [6.07, 6.45) is 5.78. The number of carbonyl (C=O) groups excluding carboxylic acids is 1. The monoisotopic (exact) mass is 286 g/mol. The van der Waals surface area contributed by atoms with E-state index in [4.69, 9.17) is 9.47 Å². The fraction of sp³-hybridized carbons (Fsp3) is 0.375. The number of ketones is 1. The van der Waals surface area contributed by atoms with Gasteiger partial charge in [0.2, 0.25) is 0 Å². The van der Waals surface area contributed by atoms with Gasteiger partial charge in [0, 0.05) is 18.5 Å². The van der Waals surface area contributed by atoms with Gasteiger partial charge in [0.15, 0.2) is 5.78 Å². The standard InChI is InChI=1S/C16H18N2O3/c1-16(2)10-14(19)13-4-3-12(9-15(13)21-16)20-8-7-18-6-5-17-11-18/h3-6,9,11H,7-8,10H2,1-2H3. The molecule has 0 fully saturated rings. The highest BCUT2D eigenvalue weighted by Gasteiger charge is 2.32. The Morgan fingerprint density at radius 1 is 1.43 bits per heavy atom. The van der Waals surface area contributed by atoms with Gasteiger partial charge in [-0.05, 0) is 26.0 Å². The van der Waals surface area contributed by atoms with E-state index in [2.05, 4.69) is 4.98 Å². The summed E-state index contributed by atoms with van der Waals surface area (Å²) in [6, 6.07) is 5.38. The summed E-state index contributed by atoms with van der Waals surface area (Å²) in [4.78, 5) is 16.0. The minimum absolute atomic E-state index is 0.117. The van der Waals surface area contributed by atoms with Gasteiger partial charge in [-0.2, -0.15) is 0 Å². The predicted octanol–water partition coefficient (Wildman–Crippen LogP) is 2.71. The van der Waals surface area contributed by atoms with Crippen LogP contribution in [0.15, 0.2) is 36.9 Å². The Hall–Kier alpha value is -2.30. The van der Waals surface area contributed by atoms with Crippen LogP contribution in [-0.2, 0) is 6.54 Å². The lowest BCUT2D eigenvalue weighted by atomic mass is 9.93. The second kappa shape index (κ2) is 5.24. The van der Waals surface area contributed by atoms with Crippen LogP contribution in [0.25, 0.3) is 0 Å². The highest BCUT2D eigenvalue weighted by atomic mass is 16.5. The minimum Gasteiger partial charge on any atom is -0.492 e. The summed E-state index contributed by atoms with van der Waals surface area (Å²) in [5, 5.41) is 0. The first-order valence-electron chi connectivity index (χ1n) is 6.98. The Kier molecular flexibility index (Phi) is 3.41. The summed E-state index contributed by atoms with van der Waals surface area (Å²) in [5.74, 6) is 1.43. The number of nitrogens with zero attached hydrogens (tertiary/aromatic N) is 2. The van der Waals surface area contributed by atoms with Crippen molar-refractivity contribution in [3.8, 4) is 11.5 Å². The molecule has 0 amide bonds. The second-order valence-electron chi connectivity index (χ2n) is 5.77. The molecule has 2 heterocycles. The van der Waals surface area contributed by atoms with Crippen molar-refractivity contribution in [2.24, 2.45) is 0 Å². The third kappa shape index (κ3) is 3.07. The van der Waals surface area contributed by atoms with Gasteiger partial charge in [0.1, 0.15) is 23.7 Å². The van der Waals surface area contributed by atoms with E-state index in [0.717, 1.165) is 6.54 Å². The van der Waals surface area contributed by atoms with Crippen LogP contribution in [0.2, 0.25) is 0 Å². The van der Waals surface area contributed by atoms with Gasteiger partial charge in [-0.15, -0.1) is 0 Å². The van der Waals surface area contributed by atoms with Crippen LogP contribution in [0.5, 0.6) is 11.5 Å². The zero-order valence-corrected chi connectivity index (χ0v) is 12.2. The van der Waals surface area contributed by atoms with E-state index in [0.29, 0.717) is 30.1 Å². The van der Waals surface area contributed by atoms with Crippen molar-refractivity contribution in [2.45, 2.75) is 32.4 Å². The Morgan fingerprint density at radius 3 is 3.05 bits per heavy atom. The van der Waals surface area contributed by atoms with E-state index in [9.17, 15) is 4.79 Å². The second-order valence-corrected chi connectivity index (χ2v) is 5.77. The topological polar surface area (TPSA) is 53.4 Å². The van der Waals surface area contributed by atoms with Gasteiger partial charge in [-0.1, -0.05) is 0 Å². The Morgan fingerprint density at radius 2 is 2.29 bits per heavy atom. The maximum Gasteiger partial charge on any atom is 0.170 e. The summed E-state index contributed by atoms with van der Waals surface area (Å²) in [6.45, 7) is 5.09. The van der Waals surface area contributed by atoms with E-state index in [-0.39, 0.29) is 5.78 Å². The molecule has 0 aliphatic carbocycles. The van der Waals surface area contributed by atoms with Crippen LogP contribution >= 0.6 is 0 Å². The molecule has 1 aromatic heterocycles. The van der Waals surface area contributed by atoms with Crippen LogP contribution in [-0.4, -0.2) is 27.5 Å². The van der Waals surface area contributed by atoms with Crippen molar-refractivity contribution in [3.05, 3.63) is 42.5 Å². The first-order chi connectivity index (χ1) is 10.0. The number of benzene rings is 1. The zero-order chi connectivity index (χ0) is 14.9. The summed E-state index contributed by atoms with van der Waals surface area (Å²) in [5.41, 5.74) is 0.177. The van der Waals surface area contributed by atoms with Gasteiger partial charge in [0.25, 0.3) is 0 Å². The van der Waals surface area contributed by atoms with Gasteiger partial charge in [0.05, 0.1) is 24.9 Å². The van der Waals surface area contributed by atoms with E-state index in [1.807, 2.05) is 30.7 Å². The Bertz CT molecular complexity index is 648. The van der Waals surface area contributed by atoms with Crippen molar-refractivity contribution in [1.29, 1.82) is 0 Å². The van der Waals surface area contributed by atoms with Gasteiger partial charge in [-0.25, -0.2) is 4.98 Å². The molecule has 1 aromatic carbocycles. The number of carbonyl (C=O) groups is 1. The minimum atomic E-state index is -0.459. The predicted molar refractivity (Wildman–Crippen MR) is 77.8 cm³/mol. The molecule has 21 heavy (non-hydrogen) atoms. The Labute approximate surface area is 123 Å². The molecule has 1 aliphatic rings. The van der Waals surface area contributed by atoms with Crippen LogP contribution in [0.3, 0.4) is 0 Å². The normalized spacial score (nSPS) is 16.2. The molecule has 0 N–H and O–H groups in total.